The Morgan fingerprint density at radius 1 is 1.44 bits per heavy atom. The third-order valence-corrected chi connectivity index (χ3v) is 2.17. The van der Waals surface area contributed by atoms with Crippen molar-refractivity contribution in [3.8, 4) is 0 Å². The first-order chi connectivity index (χ1) is 7.78. The molecule has 0 saturated carbocycles. The van der Waals surface area contributed by atoms with Gasteiger partial charge in [-0.1, -0.05) is 35.0 Å². The summed E-state index contributed by atoms with van der Waals surface area (Å²) in [6, 6.07) is 9.76. The molecule has 80 valence electrons. The highest BCUT2D eigenvalue weighted by Crippen LogP contribution is 2.16. The molecule has 1 heterocycles. The Bertz CT molecular complexity index is 539. The van der Waals surface area contributed by atoms with Crippen molar-refractivity contribution in [2.75, 3.05) is 0 Å². The van der Waals surface area contributed by atoms with E-state index < -0.39 is 0 Å². The van der Waals surface area contributed by atoms with Gasteiger partial charge in [-0.05, 0) is 12.5 Å². The lowest BCUT2D eigenvalue weighted by Gasteiger charge is -1.98. The fourth-order valence-corrected chi connectivity index (χ4v) is 1.51. The van der Waals surface area contributed by atoms with E-state index in [9.17, 15) is 4.79 Å². The average molecular weight is 214 g/mol. The standard InChI is InChI=1S/C12H10N2O2/c1-9-3-2-4-10(5-9)6-11-7-12(13-8-15)16-14-11/h2-5,7H,6H2,1H3. The van der Waals surface area contributed by atoms with Crippen molar-refractivity contribution in [2.45, 2.75) is 13.3 Å². The monoisotopic (exact) mass is 214 g/mol. The van der Waals surface area contributed by atoms with Crippen LogP contribution in [0.25, 0.3) is 0 Å². The molecule has 0 spiro atoms. The molecule has 0 amide bonds. The van der Waals surface area contributed by atoms with Crippen LogP contribution >= 0.6 is 0 Å². The molecular weight excluding hydrogens is 204 g/mol. The molecule has 16 heavy (non-hydrogen) atoms. The van der Waals surface area contributed by atoms with Crippen LogP contribution in [-0.2, 0) is 11.2 Å². The van der Waals surface area contributed by atoms with Gasteiger partial charge in [-0.15, -0.1) is 4.99 Å². The van der Waals surface area contributed by atoms with Crippen molar-refractivity contribution in [1.82, 2.24) is 5.16 Å². The van der Waals surface area contributed by atoms with Gasteiger partial charge in [0, 0.05) is 12.5 Å². The maximum atomic E-state index is 10.0. The molecule has 2 aromatic rings. The van der Waals surface area contributed by atoms with E-state index in [-0.39, 0.29) is 5.88 Å². The van der Waals surface area contributed by atoms with Crippen LogP contribution in [-0.4, -0.2) is 11.2 Å². The first-order valence-electron chi connectivity index (χ1n) is 4.87. The minimum absolute atomic E-state index is 0.192. The van der Waals surface area contributed by atoms with Gasteiger partial charge in [0.25, 0.3) is 5.88 Å². The number of isocyanates is 1. The van der Waals surface area contributed by atoms with Crippen LogP contribution in [0.2, 0.25) is 0 Å². The summed E-state index contributed by atoms with van der Waals surface area (Å²) in [7, 11) is 0. The summed E-state index contributed by atoms with van der Waals surface area (Å²) >= 11 is 0. The van der Waals surface area contributed by atoms with Gasteiger partial charge < -0.3 is 4.52 Å². The SMILES string of the molecule is Cc1cccc(Cc2cc(N=C=O)on2)c1. The molecule has 0 saturated heterocycles. The van der Waals surface area contributed by atoms with Gasteiger partial charge in [0.1, 0.15) is 0 Å². The van der Waals surface area contributed by atoms with E-state index in [0.29, 0.717) is 6.42 Å². The van der Waals surface area contributed by atoms with Crippen LogP contribution in [0, 0.1) is 6.92 Å². The van der Waals surface area contributed by atoms with E-state index in [4.69, 9.17) is 4.52 Å². The highest BCUT2D eigenvalue weighted by atomic mass is 16.5. The van der Waals surface area contributed by atoms with Crippen molar-refractivity contribution in [2.24, 2.45) is 4.99 Å². The van der Waals surface area contributed by atoms with Crippen LogP contribution in [0.3, 0.4) is 0 Å². The maximum Gasteiger partial charge on any atom is 0.261 e. The highest BCUT2D eigenvalue weighted by Gasteiger charge is 2.04. The first kappa shape index (κ1) is 10.3. The quantitative estimate of drug-likeness (QED) is 0.582. The Morgan fingerprint density at radius 2 is 2.31 bits per heavy atom. The molecule has 2 rings (SSSR count). The Balaban J connectivity index is 2.17. The smallest absolute Gasteiger partial charge is 0.261 e. The number of hydrogen-bond donors (Lipinski definition) is 0. The van der Waals surface area contributed by atoms with Gasteiger partial charge in [-0.2, -0.15) is 0 Å². The van der Waals surface area contributed by atoms with Crippen molar-refractivity contribution < 1.29 is 9.32 Å². The Labute approximate surface area is 92.6 Å². The van der Waals surface area contributed by atoms with Crippen LogP contribution in [0.1, 0.15) is 16.8 Å². The van der Waals surface area contributed by atoms with Crippen LogP contribution in [0.5, 0.6) is 0 Å². The molecule has 0 aliphatic carbocycles. The third-order valence-electron chi connectivity index (χ3n) is 2.17. The predicted octanol–water partition coefficient (Wildman–Crippen LogP) is 2.54. The van der Waals surface area contributed by atoms with E-state index >= 15 is 0 Å². The van der Waals surface area contributed by atoms with Crippen LogP contribution < -0.4 is 0 Å². The van der Waals surface area contributed by atoms with Crippen molar-refractivity contribution in [3.05, 3.63) is 47.2 Å². The number of aromatic nitrogens is 1. The lowest BCUT2D eigenvalue weighted by Crippen LogP contribution is -1.88. The Morgan fingerprint density at radius 3 is 3.06 bits per heavy atom. The first-order valence-corrected chi connectivity index (χ1v) is 4.87. The zero-order chi connectivity index (χ0) is 11.4. The number of hydrogen-bond acceptors (Lipinski definition) is 4. The molecule has 4 heteroatoms. The summed E-state index contributed by atoms with van der Waals surface area (Å²) in [5, 5.41) is 3.81. The molecule has 1 aromatic heterocycles. The fraction of sp³-hybridized carbons (Fsp3) is 0.167. The lowest BCUT2D eigenvalue weighted by atomic mass is 10.1. The third kappa shape index (κ3) is 2.43. The van der Waals surface area contributed by atoms with Crippen molar-refractivity contribution in [1.29, 1.82) is 0 Å². The van der Waals surface area contributed by atoms with E-state index in [0.717, 1.165) is 11.3 Å². The molecule has 0 atom stereocenters. The minimum Gasteiger partial charge on any atom is -0.335 e. The summed E-state index contributed by atoms with van der Waals surface area (Å²) in [6.45, 7) is 2.04. The molecule has 0 radical (unpaired) electrons. The molecule has 4 nitrogen and oxygen atoms in total. The van der Waals surface area contributed by atoms with E-state index in [2.05, 4.69) is 16.2 Å². The van der Waals surface area contributed by atoms with Gasteiger partial charge >= 0.3 is 0 Å². The number of aryl methyl sites for hydroxylation is 1. The number of aliphatic imine (C=N–C) groups is 1. The summed E-state index contributed by atoms with van der Waals surface area (Å²) in [6.07, 6.45) is 2.08. The summed E-state index contributed by atoms with van der Waals surface area (Å²) in [5.41, 5.74) is 3.10. The number of carbonyl (C=O) groups excluding carboxylic acids is 1. The minimum atomic E-state index is 0.192. The van der Waals surface area contributed by atoms with Gasteiger partial charge in [0.15, 0.2) is 0 Å². The second kappa shape index (κ2) is 4.55. The molecular formula is C12H10N2O2. The molecule has 0 fully saturated rings. The zero-order valence-corrected chi connectivity index (χ0v) is 8.80. The van der Waals surface area contributed by atoms with Crippen molar-refractivity contribution in [3.63, 3.8) is 0 Å². The maximum absolute atomic E-state index is 10.0. The zero-order valence-electron chi connectivity index (χ0n) is 8.80. The highest BCUT2D eigenvalue weighted by molar-refractivity contribution is 5.43. The lowest BCUT2D eigenvalue weighted by molar-refractivity contribution is 0.422. The molecule has 0 bridgehead atoms. The summed E-state index contributed by atoms with van der Waals surface area (Å²) < 4.78 is 4.83. The molecule has 0 aliphatic rings. The second-order valence-corrected chi connectivity index (χ2v) is 3.53. The Hall–Kier alpha value is -2.19. The number of nitrogens with zero attached hydrogens (tertiary/aromatic N) is 2. The van der Waals surface area contributed by atoms with Gasteiger partial charge in [0.2, 0.25) is 6.08 Å². The molecule has 1 aromatic carbocycles. The largest absolute Gasteiger partial charge is 0.335 e. The van der Waals surface area contributed by atoms with E-state index in [1.165, 1.54) is 11.6 Å². The average Bonchev–Trinajstić information content (AvgIpc) is 2.66. The fourth-order valence-electron chi connectivity index (χ4n) is 1.51. The second-order valence-electron chi connectivity index (χ2n) is 3.53. The van der Waals surface area contributed by atoms with Gasteiger partial charge in [-0.25, -0.2) is 4.79 Å². The normalized spacial score (nSPS) is 9.81. The van der Waals surface area contributed by atoms with Crippen LogP contribution in [0.4, 0.5) is 5.88 Å². The van der Waals surface area contributed by atoms with E-state index in [1.54, 1.807) is 6.07 Å². The Kier molecular flexibility index (Phi) is 2.94. The molecule has 0 aliphatic heterocycles. The van der Waals surface area contributed by atoms with Crippen LogP contribution in [0.15, 0.2) is 39.8 Å². The number of benzene rings is 1. The predicted molar refractivity (Wildman–Crippen MR) is 58.3 cm³/mol. The summed E-state index contributed by atoms with van der Waals surface area (Å²) in [4.78, 5) is 13.4. The molecule has 0 unspecified atom stereocenters. The summed E-state index contributed by atoms with van der Waals surface area (Å²) in [5.74, 6) is 0.192. The van der Waals surface area contributed by atoms with Gasteiger partial charge in [-0.3, -0.25) is 0 Å². The van der Waals surface area contributed by atoms with E-state index in [1.807, 2.05) is 25.1 Å². The van der Waals surface area contributed by atoms with Gasteiger partial charge in [0.05, 0.1) is 5.69 Å². The van der Waals surface area contributed by atoms with Crippen molar-refractivity contribution >= 4 is 12.0 Å². The molecule has 0 N–H and O–H groups in total. The topological polar surface area (TPSA) is 55.5 Å². The number of rotatable bonds is 3.